The maximum absolute atomic E-state index is 13.1. The lowest BCUT2D eigenvalue weighted by Crippen LogP contribution is -2.59. The van der Waals surface area contributed by atoms with Gasteiger partial charge in [-0.25, -0.2) is 0 Å². The van der Waals surface area contributed by atoms with E-state index in [-0.39, 0.29) is 36.3 Å². The molecule has 168 valence electrons. The van der Waals surface area contributed by atoms with Gasteiger partial charge < -0.3 is 26.6 Å². The highest BCUT2D eigenvalue weighted by atomic mass is 16.2. The second-order valence-electron chi connectivity index (χ2n) is 8.25. The summed E-state index contributed by atoms with van der Waals surface area (Å²) >= 11 is 0. The molecule has 9 nitrogen and oxygen atoms in total. The van der Waals surface area contributed by atoms with Gasteiger partial charge in [-0.1, -0.05) is 30.3 Å². The van der Waals surface area contributed by atoms with Gasteiger partial charge >= 0.3 is 0 Å². The van der Waals surface area contributed by atoms with Crippen LogP contribution in [0.3, 0.4) is 0 Å². The lowest BCUT2D eigenvalue weighted by atomic mass is 10.1. The minimum atomic E-state index is -0.492. The highest BCUT2D eigenvalue weighted by Crippen LogP contribution is 2.29. The molecule has 5 N–H and O–H groups in total. The summed E-state index contributed by atoms with van der Waals surface area (Å²) < 4.78 is 0. The molecule has 2 aromatic rings. The van der Waals surface area contributed by atoms with Crippen molar-refractivity contribution in [2.24, 2.45) is 16.5 Å². The third-order valence-electron chi connectivity index (χ3n) is 6.06. The third-order valence-corrected chi connectivity index (χ3v) is 6.06. The van der Waals surface area contributed by atoms with Crippen LogP contribution in [0.2, 0.25) is 0 Å². The number of guanidine groups is 1. The van der Waals surface area contributed by atoms with Gasteiger partial charge in [-0.2, -0.15) is 0 Å². The highest BCUT2D eigenvalue weighted by molar-refractivity contribution is 6.01. The molecule has 0 aliphatic carbocycles. The van der Waals surface area contributed by atoms with Gasteiger partial charge in [-0.3, -0.25) is 19.4 Å². The zero-order valence-corrected chi connectivity index (χ0v) is 17.9. The van der Waals surface area contributed by atoms with Gasteiger partial charge in [0.1, 0.15) is 12.6 Å². The topological polar surface area (TPSA) is 134 Å². The second-order valence-corrected chi connectivity index (χ2v) is 8.25. The van der Waals surface area contributed by atoms with E-state index in [1.807, 2.05) is 36.4 Å². The SMILES string of the molecule is NC(N)=NCCCNC(=O)C1CC[C@H]2CN(C(=O)c3ccc4ccccc4c3)CC(=O)N12. The van der Waals surface area contributed by atoms with Crippen molar-refractivity contribution in [2.45, 2.75) is 31.3 Å². The Morgan fingerprint density at radius 1 is 1.09 bits per heavy atom. The van der Waals surface area contributed by atoms with Crippen molar-refractivity contribution in [1.82, 2.24) is 15.1 Å². The molecule has 2 atom stereocenters. The first-order chi connectivity index (χ1) is 15.4. The van der Waals surface area contributed by atoms with Crippen molar-refractivity contribution in [3.05, 3.63) is 48.0 Å². The van der Waals surface area contributed by atoms with Crippen LogP contribution in [0.1, 0.15) is 29.6 Å². The fourth-order valence-electron chi connectivity index (χ4n) is 4.54. The van der Waals surface area contributed by atoms with Gasteiger partial charge in [0.2, 0.25) is 11.8 Å². The van der Waals surface area contributed by atoms with Crippen LogP contribution in [-0.4, -0.2) is 71.7 Å². The smallest absolute Gasteiger partial charge is 0.254 e. The predicted octanol–water partition coefficient (Wildman–Crippen LogP) is 0.435. The van der Waals surface area contributed by atoms with E-state index in [0.717, 1.165) is 10.8 Å². The molecule has 0 bridgehead atoms. The zero-order chi connectivity index (χ0) is 22.7. The van der Waals surface area contributed by atoms with E-state index in [0.29, 0.717) is 44.5 Å². The predicted molar refractivity (Wildman–Crippen MR) is 122 cm³/mol. The maximum atomic E-state index is 13.1. The van der Waals surface area contributed by atoms with E-state index < -0.39 is 6.04 Å². The summed E-state index contributed by atoms with van der Waals surface area (Å²) in [7, 11) is 0. The number of hydrogen-bond donors (Lipinski definition) is 3. The van der Waals surface area contributed by atoms with Crippen LogP contribution >= 0.6 is 0 Å². The van der Waals surface area contributed by atoms with E-state index in [1.165, 1.54) is 0 Å². The summed E-state index contributed by atoms with van der Waals surface area (Å²) in [6.07, 6.45) is 1.90. The van der Waals surface area contributed by atoms with Crippen LogP contribution in [0.15, 0.2) is 47.5 Å². The third kappa shape index (κ3) is 4.51. The van der Waals surface area contributed by atoms with E-state index >= 15 is 0 Å². The molecule has 0 spiro atoms. The van der Waals surface area contributed by atoms with Crippen LogP contribution in [0, 0.1) is 0 Å². The van der Waals surface area contributed by atoms with Gasteiger partial charge in [0.15, 0.2) is 5.96 Å². The van der Waals surface area contributed by atoms with Crippen LogP contribution < -0.4 is 16.8 Å². The number of benzene rings is 2. The average Bonchev–Trinajstić information content (AvgIpc) is 3.22. The number of nitrogens with zero attached hydrogens (tertiary/aromatic N) is 3. The minimum Gasteiger partial charge on any atom is -0.370 e. The number of hydrogen-bond acceptors (Lipinski definition) is 4. The number of carbonyl (C=O) groups is 3. The molecule has 3 amide bonds. The minimum absolute atomic E-state index is 0.0174. The van der Waals surface area contributed by atoms with Crippen LogP contribution in [-0.2, 0) is 9.59 Å². The van der Waals surface area contributed by atoms with E-state index in [4.69, 9.17) is 11.5 Å². The molecular formula is C23H28N6O3. The molecule has 0 radical (unpaired) electrons. The Morgan fingerprint density at radius 2 is 1.88 bits per heavy atom. The molecule has 2 aliphatic heterocycles. The largest absolute Gasteiger partial charge is 0.370 e. The number of rotatable bonds is 6. The molecule has 4 rings (SSSR count). The Morgan fingerprint density at radius 3 is 2.66 bits per heavy atom. The number of aliphatic imine (C=N–C) groups is 1. The molecule has 2 saturated heterocycles. The average molecular weight is 437 g/mol. The lowest BCUT2D eigenvalue weighted by Gasteiger charge is -2.39. The maximum Gasteiger partial charge on any atom is 0.254 e. The Kier molecular flexibility index (Phi) is 6.25. The molecule has 9 heteroatoms. The highest BCUT2D eigenvalue weighted by Gasteiger charge is 2.45. The second kappa shape index (κ2) is 9.25. The quantitative estimate of drug-likeness (QED) is 0.343. The number of amides is 3. The summed E-state index contributed by atoms with van der Waals surface area (Å²) in [5, 5.41) is 4.91. The van der Waals surface area contributed by atoms with Crippen molar-refractivity contribution < 1.29 is 14.4 Å². The van der Waals surface area contributed by atoms with Crippen LogP contribution in [0.5, 0.6) is 0 Å². The van der Waals surface area contributed by atoms with Crippen molar-refractivity contribution in [3.63, 3.8) is 0 Å². The molecule has 0 saturated carbocycles. The van der Waals surface area contributed by atoms with E-state index in [2.05, 4.69) is 10.3 Å². The first-order valence-corrected chi connectivity index (χ1v) is 10.9. The number of nitrogens with one attached hydrogen (secondary N) is 1. The molecule has 2 aliphatic rings. The lowest BCUT2D eigenvalue weighted by molar-refractivity contribution is -0.144. The Labute approximate surface area is 186 Å². The van der Waals surface area contributed by atoms with Crippen LogP contribution in [0.4, 0.5) is 0 Å². The fraction of sp³-hybridized carbons (Fsp3) is 0.391. The van der Waals surface area contributed by atoms with Gasteiger partial charge in [-0.05, 0) is 42.2 Å². The van der Waals surface area contributed by atoms with Gasteiger partial charge in [0.25, 0.3) is 5.91 Å². The number of piperazine rings is 1. The fourth-order valence-corrected chi connectivity index (χ4v) is 4.54. The summed E-state index contributed by atoms with van der Waals surface area (Å²) in [5.41, 5.74) is 11.1. The number of fused-ring (bicyclic) bond motifs is 2. The molecule has 2 fully saturated rings. The standard InChI is InChI=1S/C23H28N6O3/c24-23(25)27-11-3-10-26-21(31)19-9-8-18-13-28(14-20(30)29(18)19)22(32)17-7-6-15-4-1-2-5-16(15)12-17/h1-2,4-7,12,18-19H,3,8-11,13-14H2,(H,26,31)(H4,24,25,27)/t18-,19?/m0/s1. The summed E-state index contributed by atoms with van der Waals surface area (Å²) in [4.78, 5) is 45.8. The Balaban J connectivity index is 1.37. The molecular weight excluding hydrogens is 408 g/mol. The summed E-state index contributed by atoms with van der Waals surface area (Å²) in [5.74, 6) is -0.485. The molecule has 1 unspecified atom stereocenters. The monoisotopic (exact) mass is 436 g/mol. The van der Waals surface area contributed by atoms with Crippen molar-refractivity contribution in [3.8, 4) is 0 Å². The van der Waals surface area contributed by atoms with Gasteiger partial charge in [0, 0.05) is 25.2 Å². The first kappa shape index (κ1) is 21.6. The zero-order valence-electron chi connectivity index (χ0n) is 17.9. The van der Waals surface area contributed by atoms with Crippen molar-refractivity contribution >= 4 is 34.5 Å². The molecule has 2 aromatic carbocycles. The van der Waals surface area contributed by atoms with E-state index in [1.54, 1.807) is 15.9 Å². The number of carbonyl (C=O) groups excluding carboxylic acids is 3. The Bertz CT molecular complexity index is 1060. The number of nitrogens with two attached hydrogens (primary N) is 2. The van der Waals surface area contributed by atoms with Crippen molar-refractivity contribution in [1.29, 1.82) is 0 Å². The van der Waals surface area contributed by atoms with E-state index in [9.17, 15) is 14.4 Å². The first-order valence-electron chi connectivity index (χ1n) is 10.9. The Hall–Kier alpha value is -3.62. The summed E-state index contributed by atoms with van der Waals surface area (Å²) in [6, 6.07) is 12.8. The molecule has 0 aromatic heterocycles. The summed E-state index contributed by atoms with van der Waals surface area (Å²) in [6.45, 7) is 1.29. The normalized spacial score (nSPS) is 20.2. The van der Waals surface area contributed by atoms with Crippen molar-refractivity contribution in [2.75, 3.05) is 26.2 Å². The van der Waals surface area contributed by atoms with Crippen LogP contribution in [0.25, 0.3) is 10.8 Å². The van der Waals surface area contributed by atoms with Gasteiger partial charge in [0.05, 0.1) is 6.04 Å². The molecule has 32 heavy (non-hydrogen) atoms. The van der Waals surface area contributed by atoms with Gasteiger partial charge in [-0.15, -0.1) is 0 Å². The molecule has 2 heterocycles.